The van der Waals surface area contributed by atoms with Gasteiger partial charge in [-0.2, -0.15) is 0 Å². The normalized spacial score (nSPS) is 14.1. The molecular formula is C71H63N. The Morgan fingerprint density at radius 2 is 1.07 bits per heavy atom. The van der Waals surface area contributed by atoms with E-state index in [1.807, 2.05) is 12.2 Å². The molecule has 0 bridgehead atoms. The second kappa shape index (κ2) is 25.3. The Balaban J connectivity index is 1.55. The van der Waals surface area contributed by atoms with E-state index in [4.69, 9.17) is 4.99 Å². The Morgan fingerprint density at radius 3 is 1.61 bits per heavy atom. The maximum atomic E-state index is 5.56. The van der Waals surface area contributed by atoms with Gasteiger partial charge in [0.05, 0.1) is 5.70 Å². The summed E-state index contributed by atoms with van der Waals surface area (Å²) in [5.74, 6) is 0. The highest BCUT2D eigenvalue weighted by molar-refractivity contribution is 6.11. The van der Waals surface area contributed by atoms with Crippen LogP contribution in [-0.4, -0.2) is 5.71 Å². The highest BCUT2D eigenvalue weighted by atomic mass is 14.8. The first-order valence-corrected chi connectivity index (χ1v) is 25.0. The molecule has 0 fully saturated rings. The van der Waals surface area contributed by atoms with Gasteiger partial charge >= 0.3 is 0 Å². The van der Waals surface area contributed by atoms with Crippen LogP contribution in [-0.2, 0) is 0 Å². The van der Waals surface area contributed by atoms with E-state index in [1.54, 1.807) is 0 Å². The minimum absolute atomic E-state index is 0.835. The van der Waals surface area contributed by atoms with E-state index in [0.717, 1.165) is 120 Å². The SMILES string of the molecule is C=C/C=C(C)/C(=C/C=C)/C=C(\C=C(/C=C(\C=C\C)C(/C)=N/C(=C\CC1=CC=CCC1)c1ccccc1)c1c(-c2ccccc2)cc(-c2ccccc2)c(-c2ccccc2)c1-c1ccccc1)c1ccccc1. The molecule has 1 heteroatoms. The van der Waals surface area contributed by atoms with Crippen molar-refractivity contribution in [3.05, 3.63) is 319 Å². The number of nitrogens with zero attached hydrogens (tertiary/aromatic N) is 1. The highest BCUT2D eigenvalue weighted by Gasteiger charge is 2.25. The van der Waals surface area contributed by atoms with Crippen LogP contribution in [0.2, 0.25) is 0 Å². The lowest BCUT2D eigenvalue weighted by molar-refractivity contribution is 0.925. The summed E-state index contributed by atoms with van der Waals surface area (Å²) in [5.41, 5.74) is 20.7. The van der Waals surface area contributed by atoms with Gasteiger partial charge in [0.25, 0.3) is 0 Å². The molecule has 1 aliphatic rings. The molecule has 0 aliphatic heterocycles. The fourth-order valence-corrected chi connectivity index (χ4v) is 9.28. The fourth-order valence-electron chi connectivity index (χ4n) is 9.28. The maximum Gasteiger partial charge on any atom is 0.0668 e. The number of hydrogen-bond donors (Lipinski definition) is 0. The van der Waals surface area contributed by atoms with Crippen LogP contribution in [0.4, 0.5) is 0 Å². The van der Waals surface area contributed by atoms with Crippen molar-refractivity contribution in [1.82, 2.24) is 0 Å². The van der Waals surface area contributed by atoms with Crippen LogP contribution >= 0.6 is 0 Å². The molecule has 0 unspecified atom stereocenters. The third-order valence-electron chi connectivity index (χ3n) is 12.9. The van der Waals surface area contributed by atoms with Crippen molar-refractivity contribution in [3.8, 4) is 44.5 Å². The fraction of sp³-hybridized carbons (Fsp3) is 0.0845. The molecule has 0 atom stereocenters. The molecule has 0 heterocycles. The lowest BCUT2D eigenvalue weighted by Crippen LogP contribution is -2.03. The highest BCUT2D eigenvalue weighted by Crippen LogP contribution is 2.49. The molecule has 72 heavy (non-hydrogen) atoms. The number of aliphatic imine (C=N–C) groups is 1. The quantitative estimate of drug-likeness (QED) is 0.0601. The first-order chi connectivity index (χ1) is 35.4. The largest absolute Gasteiger partial charge is 0.253 e. The van der Waals surface area contributed by atoms with Crippen molar-refractivity contribution in [2.45, 2.75) is 40.0 Å². The monoisotopic (exact) mass is 929 g/mol. The molecule has 0 amide bonds. The van der Waals surface area contributed by atoms with Gasteiger partial charge in [-0.25, -0.2) is 0 Å². The van der Waals surface area contributed by atoms with Crippen LogP contribution in [0.3, 0.4) is 0 Å². The minimum Gasteiger partial charge on any atom is -0.253 e. The first-order valence-electron chi connectivity index (χ1n) is 25.0. The van der Waals surface area contributed by atoms with Gasteiger partial charge in [-0.3, -0.25) is 4.99 Å². The van der Waals surface area contributed by atoms with Crippen LogP contribution in [0.5, 0.6) is 0 Å². The van der Waals surface area contributed by atoms with Gasteiger partial charge in [-0.1, -0.05) is 261 Å². The lowest BCUT2D eigenvalue weighted by atomic mass is 9.78. The smallest absolute Gasteiger partial charge is 0.0668 e. The molecule has 8 rings (SSSR count). The molecule has 7 aromatic carbocycles. The average molecular weight is 930 g/mol. The summed E-state index contributed by atoms with van der Waals surface area (Å²) in [5, 5.41) is 0. The van der Waals surface area contributed by atoms with E-state index in [1.165, 1.54) is 5.57 Å². The zero-order valence-electron chi connectivity index (χ0n) is 41.9. The molecule has 7 aromatic rings. The number of allylic oxidation sites excluding steroid dienone is 19. The Hall–Kier alpha value is -8.65. The molecule has 0 N–H and O–H groups in total. The van der Waals surface area contributed by atoms with Gasteiger partial charge in [0.1, 0.15) is 0 Å². The van der Waals surface area contributed by atoms with Gasteiger partial charge in [-0.05, 0) is 153 Å². The van der Waals surface area contributed by atoms with Crippen LogP contribution in [0, 0.1) is 0 Å². The van der Waals surface area contributed by atoms with E-state index in [-0.39, 0.29) is 0 Å². The Kier molecular flexibility index (Phi) is 17.5. The summed E-state index contributed by atoms with van der Waals surface area (Å²) in [7, 11) is 0. The summed E-state index contributed by atoms with van der Waals surface area (Å²) in [4.78, 5) is 5.56. The molecule has 0 spiro atoms. The van der Waals surface area contributed by atoms with E-state index in [9.17, 15) is 0 Å². The summed E-state index contributed by atoms with van der Waals surface area (Å²) in [6.45, 7) is 14.6. The Bertz CT molecular complexity index is 3290. The molecule has 0 saturated carbocycles. The average Bonchev–Trinajstić information content (AvgIpc) is 3.44. The predicted octanol–water partition coefficient (Wildman–Crippen LogP) is 19.7. The van der Waals surface area contributed by atoms with E-state index in [2.05, 4.69) is 289 Å². The van der Waals surface area contributed by atoms with Crippen molar-refractivity contribution in [1.29, 1.82) is 0 Å². The van der Waals surface area contributed by atoms with Crippen molar-refractivity contribution in [2.75, 3.05) is 0 Å². The first kappa shape index (κ1) is 49.8. The van der Waals surface area contributed by atoms with Crippen LogP contribution in [0.1, 0.15) is 56.7 Å². The minimum atomic E-state index is 0.835. The molecule has 352 valence electrons. The molecule has 0 saturated heterocycles. The van der Waals surface area contributed by atoms with Gasteiger partial charge in [0.15, 0.2) is 0 Å². The zero-order valence-corrected chi connectivity index (χ0v) is 41.9. The summed E-state index contributed by atoms with van der Waals surface area (Å²) in [6, 6.07) is 67.2. The predicted molar refractivity (Wildman–Crippen MR) is 314 cm³/mol. The molecule has 0 aromatic heterocycles. The van der Waals surface area contributed by atoms with Gasteiger partial charge < -0.3 is 0 Å². The van der Waals surface area contributed by atoms with Gasteiger partial charge in [-0.15, -0.1) is 0 Å². The van der Waals surface area contributed by atoms with Crippen molar-refractivity contribution in [3.63, 3.8) is 0 Å². The molecule has 0 radical (unpaired) electrons. The van der Waals surface area contributed by atoms with Crippen molar-refractivity contribution >= 4 is 22.6 Å². The summed E-state index contributed by atoms with van der Waals surface area (Å²) < 4.78 is 0. The van der Waals surface area contributed by atoms with Crippen molar-refractivity contribution in [2.24, 2.45) is 4.99 Å². The maximum absolute atomic E-state index is 5.56. The summed E-state index contributed by atoms with van der Waals surface area (Å²) in [6.07, 6.45) is 31.1. The Morgan fingerprint density at radius 1 is 0.542 bits per heavy atom. The number of hydrogen-bond acceptors (Lipinski definition) is 1. The van der Waals surface area contributed by atoms with E-state index in [0.29, 0.717) is 0 Å². The lowest BCUT2D eigenvalue weighted by Gasteiger charge is -2.25. The van der Waals surface area contributed by atoms with Crippen LogP contribution < -0.4 is 0 Å². The third kappa shape index (κ3) is 12.6. The summed E-state index contributed by atoms with van der Waals surface area (Å²) >= 11 is 0. The number of benzene rings is 7. The van der Waals surface area contributed by atoms with Gasteiger partial charge in [0.2, 0.25) is 0 Å². The molecule has 1 nitrogen and oxygen atoms in total. The van der Waals surface area contributed by atoms with E-state index < -0.39 is 0 Å². The topological polar surface area (TPSA) is 12.4 Å². The molecular weight excluding hydrogens is 867 g/mol. The van der Waals surface area contributed by atoms with E-state index >= 15 is 0 Å². The van der Waals surface area contributed by atoms with Crippen LogP contribution in [0.25, 0.3) is 61.4 Å². The Labute approximate surface area is 429 Å². The second-order valence-corrected chi connectivity index (χ2v) is 17.8. The van der Waals surface area contributed by atoms with Crippen molar-refractivity contribution < 1.29 is 0 Å². The number of rotatable bonds is 18. The third-order valence-corrected chi connectivity index (χ3v) is 12.9. The van der Waals surface area contributed by atoms with Gasteiger partial charge in [0, 0.05) is 5.71 Å². The zero-order chi connectivity index (χ0) is 49.9. The molecule has 1 aliphatic carbocycles. The standard InChI is InChI=1S/C71H63N/c1-6-30-53(4)62(31-7-2)49-64(56-35-18-10-19-36-56)51-65(50-63(32-8-3)54(5)72-68(59-41-24-13-25-42-59)48-47-55-33-16-9-17-34-55)70-67(58-39-22-12-23-40-58)52-66(57-37-20-11-21-38-57)69(60-43-26-14-27-44-60)71(70)61-45-28-15-29-46-61/h6-16,18-33,35-46,48-52H,1-2,17,34,47H2,3-5H3/b32-8+,53-30+,62-31+,63-50+,64-49+,65-51+,68-48-,72-54+. The second-order valence-electron chi connectivity index (χ2n) is 17.8. The van der Waals surface area contributed by atoms with Crippen LogP contribution in [0.15, 0.2) is 307 Å².